The zero-order valence-electron chi connectivity index (χ0n) is 7.27. The van der Waals surface area contributed by atoms with Crippen molar-refractivity contribution in [1.82, 2.24) is 0 Å². The second kappa shape index (κ2) is 3.31. The van der Waals surface area contributed by atoms with Crippen molar-refractivity contribution in [3.63, 3.8) is 0 Å². The van der Waals surface area contributed by atoms with Gasteiger partial charge in [-0.25, -0.2) is 0 Å². The third-order valence-electron chi connectivity index (χ3n) is 2.02. The molecule has 0 bridgehead atoms. The van der Waals surface area contributed by atoms with Crippen LogP contribution >= 0.6 is 0 Å². The number of hydrogen-bond acceptors (Lipinski definition) is 1. The van der Waals surface area contributed by atoms with Gasteiger partial charge in [-0.1, -0.05) is 42.5 Å². The molecule has 2 aliphatic rings. The highest BCUT2D eigenvalue weighted by atomic mass is 14.5. The minimum atomic E-state index is 0.822. The van der Waals surface area contributed by atoms with E-state index < -0.39 is 0 Å². The van der Waals surface area contributed by atoms with Crippen LogP contribution in [0.15, 0.2) is 54.6 Å². The summed E-state index contributed by atoms with van der Waals surface area (Å²) in [6.45, 7) is 0. The zero-order chi connectivity index (χ0) is 9.10. The van der Waals surface area contributed by atoms with Gasteiger partial charge in [-0.15, -0.1) is 0 Å². The average Bonchev–Trinajstić information content (AvgIpc) is 2.14. The molecule has 0 saturated carbocycles. The Bertz CT molecular complexity index is 355. The van der Waals surface area contributed by atoms with E-state index in [0.29, 0.717) is 0 Å². The van der Waals surface area contributed by atoms with Crippen LogP contribution in [0, 0.1) is 0 Å². The van der Waals surface area contributed by atoms with E-state index in [2.05, 4.69) is 24.3 Å². The van der Waals surface area contributed by atoms with Gasteiger partial charge in [0, 0.05) is 5.69 Å². The third kappa shape index (κ3) is 1.70. The second-order valence-corrected chi connectivity index (χ2v) is 2.99. The van der Waals surface area contributed by atoms with Crippen molar-refractivity contribution in [2.24, 2.45) is 0 Å². The normalized spacial score (nSPS) is 9.85. The van der Waals surface area contributed by atoms with Gasteiger partial charge in [0.25, 0.3) is 0 Å². The molecule has 1 nitrogen and oxygen atoms in total. The molecule has 1 heteroatoms. The van der Waals surface area contributed by atoms with Crippen LogP contribution in [0.3, 0.4) is 0 Å². The number of fused-ring (bicyclic) bond motifs is 1. The molecule has 0 aliphatic heterocycles. The monoisotopic (exact) mass is 169 g/mol. The summed E-state index contributed by atoms with van der Waals surface area (Å²) in [7, 11) is 0. The third-order valence-corrected chi connectivity index (χ3v) is 2.02. The Balaban J connectivity index is 0.000000101. The lowest BCUT2D eigenvalue weighted by molar-refractivity contribution is 1.55. The summed E-state index contributed by atoms with van der Waals surface area (Å²) < 4.78 is 0. The Kier molecular flexibility index (Phi) is 2.01. The maximum atomic E-state index is 5.36. The number of nitrogens with two attached hydrogens (primary N) is 1. The van der Waals surface area contributed by atoms with E-state index >= 15 is 0 Å². The van der Waals surface area contributed by atoms with Crippen molar-refractivity contribution in [1.29, 1.82) is 0 Å². The van der Waals surface area contributed by atoms with Crippen molar-refractivity contribution >= 4 is 5.69 Å². The van der Waals surface area contributed by atoms with E-state index in [0.717, 1.165) is 5.69 Å². The van der Waals surface area contributed by atoms with E-state index in [1.165, 1.54) is 11.1 Å². The predicted octanol–water partition coefficient (Wildman–Crippen LogP) is 2.94. The molecule has 0 spiro atoms. The summed E-state index contributed by atoms with van der Waals surface area (Å²) in [5, 5.41) is 0. The first-order chi connectivity index (χ1) is 6.36. The SMILES string of the molecule is Nc1ccccc1.c1cc2ccc1-2. The summed E-state index contributed by atoms with van der Waals surface area (Å²) in [5.74, 6) is 0. The highest BCUT2D eigenvalue weighted by Crippen LogP contribution is 2.29. The minimum Gasteiger partial charge on any atom is -0.399 e. The van der Waals surface area contributed by atoms with Crippen LogP contribution in [0.2, 0.25) is 0 Å². The van der Waals surface area contributed by atoms with Gasteiger partial charge in [0.1, 0.15) is 0 Å². The molecule has 0 amide bonds. The number of anilines is 1. The molecule has 1 aromatic rings. The molecule has 0 unspecified atom stereocenters. The summed E-state index contributed by atoms with van der Waals surface area (Å²) in [4.78, 5) is 0. The lowest BCUT2D eigenvalue weighted by atomic mass is 9.95. The van der Waals surface area contributed by atoms with E-state index in [4.69, 9.17) is 5.73 Å². The van der Waals surface area contributed by atoms with Crippen molar-refractivity contribution in [3.05, 3.63) is 54.6 Å². The lowest BCUT2D eigenvalue weighted by Crippen LogP contribution is -1.85. The molecule has 13 heavy (non-hydrogen) atoms. The van der Waals surface area contributed by atoms with Crippen molar-refractivity contribution in [2.45, 2.75) is 0 Å². The number of hydrogen-bond donors (Lipinski definition) is 1. The smallest absolute Gasteiger partial charge is 0.0313 e. The van der Waals surface area contributed by atoms with Crippen LogP contribution in [0.25, 0.3) is 11.1 Å². The number of benzene rings is 2. The second-order valence-electron chi connectivity index (χ2n) is 2.99. The van der Waals surface area contributed by atoms with E-state index in [-0.39, 0.29) is 0 Å². The van der Waals surface area contributed by atoms with Crippen molar-refractivity contribution in [3.8, 4) is 11.1 Å². The van der Waals surface area contributed by atoms with Crippen LogP contribution in [0.4, 0.5) is 5.69 Å². The van der Waals surface area contributed by atoms with Gasteiger partial charge >= 0.3 is 0 Å². The number of nitrogen functional groups attached to an aromatic ring is 1. The Morgan fingerprint density at radius 2 is 1.08 bits per heavy atom. The molecule has 64 valence electrons. The highest BCUT2D eigenvalue weighted by Gasteiger charge is 2.03. The van der Waals surface area contributed by atoms with Gasteiger partial charge in [-0.05, 0) is 23.3 Å². The number of para-hydroxylation sites is 1. The molecule has 0 radical (unpaired) electrons. The highest BCUT2D eigenvalue weighted by molar-refractivity contribution is 5.75. The first-order valence-electron chi connectivity index (χ1n) is 4.27. The fourth-order valence-corrected chi connectivity index (χ4v) is 1.12. The van der Waals surface area contributed by atoms with Crippen LogP contribution < -0.4 is 5.73 Å². The summed E-state index contributed by atoms with van der Waals surface area (Å²) >= 11 is 0. The first-order valence-corrected chi connectivity index (χ1v) is 4.27. The first kappa shape index (κ1) is 7.87. The van der Waals surface area contributed by atoms with E-state index in [9.17, 15) is 0 Å². The molecule has 0 aromatic heterocycles. The maximum Gasteiger partial charge on any atom is 0.0313 e. The molecular weight excluding hydrogens is 158 g/mol. The van der Waals surface area contributed by atoms with Gasteiger partial charge in [0.15, 0.2) is 0 Å². The van der Waals surface area contributed by atoms with E-state index in [1.807, 2.05) is 30.3 Å². The van der Waals surface area contributed by atoms with Gasteiger partial charge < -0.3 is 5.73 Å². The van der Waals surface area contributed by atoms with Crippen LogP contribution in [-0.4, -0.2) is 0 Å². The molecule has 1 aromatic carbocycles. The molecule has 2 aliphatic carbocycles. The molecule has 0 fully saturated rings. The van der Waals surface area contributed by atoms with E-state index in [1.54, 1.807) is 0 Å². The van der Waals surface area contributed by atoms with Crippen LogP contribution in [-0.2, 0) is 0 Å². The maximum absolute atomic E-state index is 5.36. The lowest BCUT2D eigenvalue weighted by Gasteiger charge is -2.10. The molecule has 0 heterocycles. The van der Waals surface area contributed by atoms with Gasteiger partial charge in [-0.2, -0.15) is 0 Å². The quantitative estimate of drug-likeness (QED) is 0.514. The predicted molar refractivity (Wildman–Crippen MR) is 56.3 cm³/mol. The molecule has 3 rings (SSSR count). The van der Waals surface area contributed by atoms with Crippen molar-refractivity contribution < 1.29 is 0 Å². The Hall–Kier alpha value is -1.76. The van der Waals surface area contributed by atoms with Crippen LogP contribution in [0.5, 0.6) is 0 Å². The molecule has 0 atom stereocenters. The molecular formula is C12H11N. The van der Waals surface area contributed by atoms with Gasteiger partial charge in [-0.3, -0.25) is 0 Å². The Labute approximate surface area is 77.8 Å². The van der Waals surface area contributed by atoms with Gasteiger partial charge in [0.05, 0.1) is 0 Å². The Morgan fingerprint density at radius 1 is 0.615 bits per heavy atom. The zero-order valence-corrected chi connectivity index (χ0v) is 7.27. The Morgan fingerprint density at radius 3 is 1.23 bits per heavy atom. The average molecular weight is 169 g/mol. The topological polar surface area (TPSA) is 26.0 Å². The fraction of sp³-hybridized carbons (Fsp3) is 0. The summed E-state index contributed by atoms with van der Waals surface area (Å²) in [5.41, 5.74) is 9.03. The molecule has 0 saturated heterocycles. The standard InChI is InChI=1S/C6H7N.C6H4/c7-6-4-2-1-3-5-6;1-2-6-4-3-5(1)6/h1-5H,7H2;1-4H. The van der Waals surface area contributed by atoms with Gasteiger partial charge in [0.2, 0.25) is 0 Å². The largest absolute Gasteiger partial charge is 0.399 e. The van der Waals surface area contributed by atoms with Crippen LogP contribution in [0.1, 0.15) is 0 Å². The van der Waals surface area contributed by atoms with Crippen molar-refractivity contribution in [2.75, 3.05) is 5.73 Å². The minimum absolute atomic E-state index is 0.822. The summed E-state index contributed by atoms with van der Waals surface area (Å²) in [6, 6.07) is 18.0. The molecule has 2 N–H and O–H groups in total. The number of rotatable bonds is 0. The summed E-state index contributed by atoms with van der Waals surface area (Å²) in [6.07, 6.45) is 0. The fourth-order valence-electron chi connectivity index (χ4n) is 1.12.